The molecule has 140 valence electrons. The molecule has 0 aliphatic carbocycles. The normalized spacial score (nSPS) is 12.1. The molecule has 0 saturated heterocycles. The molecular weight excluding hydrogens is 545 g/mol. The molecule has 1 aromatic heterocycles. The first kappa shape index (κ1) is 20.7. The van der Waals surface area contributed by atoms with Crippen LogP contribution in [0.1, 0.15) is 6.92 Å². The molecule has 3 aromatic rings. The fraction of sp³-hybridized carbons (Fsp3) is 0.111. The van der Waals surface area contributed by atoms with Crippen molar-refractivity contribution in [3.63, 3.8) is 0 Å². The lowest BCUT2D eigenvalue weighted by Crippen LogP contribution is -2.30. The number of rotatable bonds is 4. The summed E-state index contributed by atoms with van der Waals surface area (Å²) >= 11 is 26.4. The van der Waals surface area contributed by atoms with E-state index in [-0.39, 0.29) is 10.0 Å². The summed E-state index contributed by atoms with van der Waals surface area (Å²) in [5.41, 5.74) is 0.932. The van der Waals surface area contributed by atoms with Gasteiger partial charge in [-0.3, -0.25) is 9.78 Å². The van der Waals surface area contributed by atoms with Gasteiger partial charge in [0.1, 0.15) is 5.52 Å². The molecule has 0 aliphatic rings. The summed E-state index contributed by atoms with van der Waals surface area (Å²) in [6, 6.07) is 8.34. The number of carbonyl (C=O) groups excluding carboxylic acids is 1. The highest BCUT2D eigenvalue weighted by Gasteiger charge is 2.21. The van der Waals surface area contributed by atoms with Crippen molar-refractivity contribution in [2.75, 3.05) is 5.32 Å². The second-order valence-corrected chi connectivity index (χ2v) is 8.36. The second kappa shape index (κ2) is 8.57. The van der Waals surface area contributed by atoms with Crippen molar-refractivity contribution in [2.45, 2.75) is 13.0 Å². The molecule has 4 nitrogen and oxygen atoms in total. The van der Waals surface area contributed by atoms with Crippen molar-refractivity contribution in [3.05, 3.63) is 60.2 Å². The van der Waals surface area contributed by atoms with E-state index in [0.29, 0.717) is 27.0 Å². The molecule has 0 unspecified atom stereocenters. The van der Waals surface area contributed by atoms with Crippen LogP contribution in [-0.2, 0) is 4.79 Å². The maximum absolute atomic E-state index is 12.6. The number of aromatic nitrogens is 1. The van der Waals surface area contributed by atoms with Gasteiger partial charge in [-0.1, -0.05) is 46.4 Å². The number of benzene rings is 2. The van der Waals surface area contributed by atoms with E-state index in [4.69, 9.17) is 51.1 Å². The quantitative estimate of drug-likeness (QED) is 0.283. The lowest BCUT2D eigenvalue weighted by Gasteiger charge is -2.18. The highest BCUT2D eigenvalue weighted by Crippen LogP contribution is 2.36. The summed E-state index contributed by atoms with van der Waals surface area (Å²) in [6.45, 7) is 1.63. The molecule has 1 N–H and O–H groups in total. The Labute approximate surface area is 189 Å². The van der Waals surface area contributed by atoms with Crippen LogP contribution in [0.2, 0.25) is 20.1 Å². The number of nitrogens with zero attached hydrogens (tertiary/aromatic N) is 1. The lowest BCUT2D eigenvalue weighted by atomic mass is 10.2. The van der Waals surface area contributed by atoms with Crippen LogP contribution in [0.25, 0.3) is 10.9 Å². The topological polar surface area (TPSA) is 51.2 Å². The van der Waals surface area contributed by atoms with Crippen molar-refractivity contribution in [3.8, 4) is 5.75 Å². The van der Waals surface area contributed by atoms with E-state index in [0.717, 1.165) is 8.96 Å². The summed E-state index contributed by atoms with van der Waals surface area (Å²) in [6.07, 6.45) is 0.817. The first-order chi connectivity index (χ1) is 12.8. The minimum absolute atomic E-state index is 0.276. The smallest absolute Gasteiger partial charge is 0.265 e. The minimum atomic E-state index is -0.824. The van der Waals surface area contributed by atoms with E-state index < -0.39 is 12.0 Å². The molecule has 0 fully saturated rings. The standard InChI is InChI=1S/C18H11Cl4IN2O2/c1-8(18(26)25-15-7-12(21)11(20)5-13(15)22)27-17-14(23)6-10(19)9-3-2-4-24-16(9)17/h2-8H,1H3,(H,25,26)/t8-/m0/s1. The fourth-order valence-corrected chi connectivity index (χ4v) is 4.08. The number of ether oxygens (including phenoxy) is 1. The van der Waals surface area contributed by atoms with Crippen molar-refractivity contribution >= 4 is 91.5 Å². The Bertz CT molecular complexity index is 1050. The molecule has 27 heavy (non-hydrogen) atoms. The Morgan fingerprint density at radius 3 is 2.56 bits per heavy atom. The van der Waals surface area contributed by atoms with Crippen LogP contribution in [-0.4, -0.2) is 17.0 Å². The maximum atomic E-state index is 12.6. The number of halogens is 5. The summed E-state index contributed by atoms with van der Waals surface area (Å²) in [5.74, 6) is 0.0867. The van der Waals surface area contributed by atoms with Gasteiger partial charge in [0.15, 0.2) is 11.9 Å². The van der Waals surface area contributed by atoms with Crippen LogP contribution in [0.15, 0.2) is 36.5 Å². The Kier molecular flexibility index (Phi) is 6.58. The molecule has 0 aliphatic heterocycles. The Morgan fingerprint density at radius 2 is 1.81 bits per heavy atom. The number of hydrogen-bond acceptors (Lipinski definition) is 3. The largest absolute Gasteiger partial charge is 0.477 e. The van der Waals surface area contributed by atoms with Gasteiger partial charge in [-0.15, -0.1) is 0 Å². The van der Waals surface area contributed by atoms with E-state index in [2.05, 4.69) is 32.9 Å². The fourth-order valence-electron chi connectivity index (χ4n) is 2.34. The molecule has 0 bridgehead atoms. The van der Waals surface area contributed by atoms with E-state index in [1.54, 1.807) is 25.3 Å². The monoisotopic (exact) mass is 554 g/mol. The van der Waals surface area contributed by atoms with Crippen LogP contribution in [0.3, 0.4) is 0 Å². The number of anilines is 1. The average Bonchev–Trinajstić information content (AvgIpc) is 2.63. The number of nitrogens with one attached hydrogen (secondary N) is 1. The molecule has 9 heteroatoms. The van der Waals surface area contributed by atoms with E-state index >= 15 is 0 Å². The zero-order valence-corrected chi connectivity index (χ0v) is 18.9. The van der Waals surface area contributed by atoms with Crippen LogP contribution >= 0.6 is 69.0 Å². The van der Waals surface area contributed by atoms with Crippen molar-refractivity contribution in [1.29, 1.82) is 0 Å². The number of amides is 1. The first-order valence-electron chi connectivity index (χ1n) is 7.62. The summed E-state index contributed by atoms with van der Waals surface area (Å²) < 4.78 is 6.64. The molecule has 3 rings (SSSR count). The highest BCUT2D eigenvalue weighted by atomic mass is 127. The van der Waals surface area contributed by atoms with Gasteiger partial charge in [0.05, 0.1) is 29.3 Å². The van der Waals surface area contributed by atoms with Crippen LogP contribution < -0.4 is 10.1 Å². The van der Waals surface area contributed by atoms with Gasteiger partial charge in [-0.2, -0.15) is 0 Å². The third-order valence-electron chi connectivity index (χ3n) is 3.68. The van der Waals surface area contributed by atoms with E-state index in [9.17, 15) is 4.79 Å². The highest BCUT2D eigenvalue weighted by molar-refractivity contribution is 14.1. The van der Waals surface area contributed by atoms with Gasteiger partial charge in [-0.25, -0.2) is 0 Å². The molecule has 0 spiro atoms. The minimum Gasteiger partial charge on any atom is -0.477 e. The Morgan fingerprint density at radius 1 is 1.11 bits per heavy atom. The van der Waals surface area contributed by atoms with Crippen molar-refractivity contribution in [2.24, 2.45) is 0 Å². The predicted octanol–water partition coefficient (Wildman–Crippen LogP) is 6.86. The number of carbonyl (C=O) groups is 1. The van der Waals surface area contributed by atoms with Gasteiger partial charge in [0, 0.05) is 11.6 Å². The zero-order valence-electron chi connectivity index (χ0n) is 13.7. The Balaban J connectivity index is 1.86. The van der Waals surface area contributed by atoms with Crippen molar-refractivity contribution < 1.29 is 9.53 Å². The third kappa shape index (κ3) is 4.54. The molecule has 1 atom stereocenters. The van der Waals surface area contributed by atoms with Gasteiger partial charge in [0.2, 0.25) is 0 Å². The Hall–Kier alpha value is -0.990. The summed E-state index contributed by atoms with van der Waals surface area (Å²) in [4.78, 5) is 16.9. The van der Waals surface area contributed by atoms with Crippen LogP contribution in [0.4, 0.5) is 5.69 Å². The summed E-state index contributed by atoms with van der Waals surface area (Å²) in [7, 11) is 0. The van der Waals surface area contributed by atoms with Crippen LogP contribution in [0.5, 0.6) is 5.75 Å². The number of hydrogen-bond donors (Lipinski definition) is 1. The number of pyridine rings is 1. The second-order valence-electron chi connectivity index (χ2n) is 5.56. The van der Waals surface area contributed by atoms with Gasteiger partial charge >= 0.3 is 0 Å². The van der Waals surface area contributed by atoms with E-state index in [1.807, 2.05) is 6.07 Å². The van der Waals surface area contributed by atoms with E-state index in [1.165, 1.54) is 12.1 Å². The molecule has 0 radical (unpaired) electrons. The van der Waals surface area contributed by atoms with Gasteiger partial charge < -0.3 is 10.1 Å². The molecule has 2 aromatic carbocycles. The predicted molar refractivity (Wildman–Crippen MR) is 120 cm³/mol. The SMILES string of the molecule is C[C@H](Oc1c(I)cc(Cl)c2cccnc12)C(=O)Nc1cc(Cl)c(Cl)cc1Cl. The van der Waals surface area contributed by atoms with Gasteiger partial charge in [0.25, 0.3) is 5.91 Å². The summed E-state index contributed by atoms with van der Waals surface area (Å²) in [5, 5.41) is 4.86. The lowest BCUT2D eigenvalue weighted by molar-refractivity contribution is -0.122. The average molecular weight is 556 g/mol. The first-order valence-corrected chi connectivity index (χ1v) is 10.2. The third-order valence-corrected chi connectivity index (χ3v) is 5.83. The zero-order chi connectivity index (χ0) is 19.7. The van der Waals surface area contributed by atoms with Crippen molar-refractivity contribution in [1.82, 2.24) is 4.98 Å². The molecule has 1 amide bonds. The molecular formula is C18H11Cl4IN2O2. The van der Waals surface area contributed by atoms with Crippen LogP contribution in [0, 0.1) is 3.57 Å². The molecule has 1 heterocycles. The van der Waals surface area contributed by atoms with Gasteiger partial charge in [-0.05, 0) is 59.8 Å². The maximum Gasteiger partial charge on any atom is 0.265 e. The number of fused-ring (bicyclic) bond motifs is 1. The molecule has 0 saturated carbocycles.